The molecule has 0 radical (unpaired) electrons. The molecule has 1 aromatic heterocycles. The molecule has 2 atom stereocenters. The number of carbonyl (C=O) groups is 4. The maximum atomic E-state index is 12.7. The second kappa shape index (κ2) is 8.13. The summed E-state index contributed by atoms with van der Waals surface area (Å²) in [4.78, 5) is 56.6. The van der Waals surface area contributed by atoms with Crippen molar-refractivity contribution in [2.45, 2.75) is 11.4 Å². The summed E-state index contributed by atoms with van der Waals surface area (Å²) in [5.74, 6) is -2.33. The summed E-state index contributed by atoms with van der Waals surface area (Å²) in [5, 5.41) is 20.2. The molecule has 1 fully saturated rings. The molecular formula is C16H15N5O6S2. The summed E-state index contributed by atoms with van der Waals surface area (Å²) < 4.78 is 0. The number of rotatable bonds is 5. The second-order valence-corrected chi connectivity index (χ2v) is 7.84. The lowest BCUT2D eigenvalue weighted by atomic mass is 10.0. The number of carboxylic acid groups (broad SMARTS) is 2. The number of nitrogens with two attached hydrogens (primary N) is 1. The standard InChI is InChI=1S/C16H15N5O6S2/c1-28-7-5-29-14-10(13(23)21(14)11(7)15(24)25)19-12(22)9(20-16(26)27)6-3-2-4-8(17)18-6/h2-4,10,14H,5H2,1H3,(H2,17,18)(H,19,22)(H,24,25)(H,26,27)/t10?,14-/m1/s1. The van der Waals surface area contributed by atoms with Crippen LogP contribution in [0.2, 0.25) is 0 Å². The zero-order valence-corrected chi connectivity index (χ0v) is 16.5. The highest BCUT2D eigenvalue weighted by atomic mass is 32.2. The zero-order chi connectivity index (χ0) is 21.3. The highest BCUT2D eigenvalue weighted by molar-refractivity contribution is 8.05. The number of hydrogen-bond donors (Lipinski definition) is 4. The highest BCUT2D eigenvalue weighted by Crippen LogP contribution is 2.42. The smallest absolute Gasteiger partial charge is 0.431 e. The van der Waals surface area contributed by atoms with Crippen molar-refractivity contribution in [3.63, 3.8) is 0 Å². The van der Waals surface area contributed by atoms with Crippen LogP contribution in [0, 0.1) is 0 Å². The summed E-state index contributed by atoms with van der Waals surface area (Å²) in [6.45, 7) is 0. The first-order chi connectivity index (χ1) is 13.7. The predicted molar refractivity (Wildman–Crippen MR) is 106 cm³/mol. The van der Waals surface area contributed by atoms with Crippen LogP contribution < -0.4 is 11.1 Å². The molecule has 13 heteroatoms. The van der Waals surface area contributed by atoms with E-state index in [0.29, 0.717) is 10.7 Å². The third-order valence-corrected chi connectivity index (χ3v) is 6.40. The molecule has 3 amide bonds. The van der Waals surface area contributed by atoms with Crippen LogP contribution in [0.3, 0.4) is 0 Å². The van der Waals surface area contributed by atoms with Crippen LogP contribution in [0.15, 0.2) is 33.8 Å². The number of nitrogens with one attached hydrogen (secondary N) is 1. The number of nitrogen functional groups attached to an aromatic ring is 1. The van der Waals surface area contributed by atoms with Gasteiger partial charge in [-0.25, -0.2) is 14.6 Å². The van der Waals surface area contributed by atoms with E-state index in [1.165, 1.54) is 41.7 Å². The van der Waals surface area contributed by atoms with E-state index in [-0.39, 0.29) is 17.2 Å². The minimum atomic E-state index is -1.62. The molecule has 0 spiro atoms. The zero-order valence-electron chi connectivity index (χ0n) is 14.9. The number of hydrogen-bond acceptors (Lipinski definition) is 8. The van der Waals surface area contributed by atoms with E-state index >= 15 is 0 Å². The number of aliphatic carboxylic acids is 1. The van der Waals surface area contributed by atoms with Gasteiger partial charge in [0, 0.05) is 10.7 Å². The van der Waals surface area contributed by atoms with Gasteiger partial charge in [0.2, 0.25) is 0 Å². The molecule has 0 aromatic carbocycles. The van der Waals surface area contributed by atoms with Crippen LogP contribution in [0.25, 0.3) is 0 Å². The van der Waals surface area contributed by atoms with Crippen LogP contribution in [0.1, 0.15) is 5.69 Å². The molecule has 5 N–H and O–H groups in total. The molecule has 0 saturated carbocycles. The number of carbonyl (C=O) groups excluding carboxylic acids is 2. The number of carboxylic acids is 1. The van der Waals surface area contributed by atoms with Gasteiger partial charge in [-0.1, -0.05) is 6.07 Å². The minimum absolute atomic E-state index is 0.0583. The monoisotopic (exact) mass is 437 g/mol. The van der Waals surface area contributed by atoms with E-state index in [1.54, 1.807) is 6.26 Å². The number of aromatic nitrogens is 1. The Kier molecular flexibility index (Phi) is 5.79. The average Bonchev–Trinajstić information content (AvgIpc) is 2.68. The van der Waals surface area contributed by atoms with Crippen LogP contribution >= 0.6 is 23.5 Å². The molecule has 2 aliphatic rings. The van der Waals surface area contributed by atoms with Gasteiger partial charge in [-0.3, -0.25) is 14.5 Å². The third-order valence-electron chi connectivity index (χ3n) is 4.10. The van der Waals surface area contributed by atoms with Crippen molar-refractivity contribution in [2.75, 3.05) is 17.7 Å². The summed E-state index contributed by atoms with van der Waals surface area (Å²) in [6, 6.07) is 3.27. The van der Waals surface area contributed by atoms with E-state index < -0.39 is 41.0 Å². The lowest BCUT2D eigenvalue weighted by Crippen LogP contribution is -2.71. The van der Waals surface area contributed by atoms with Crippen molar-refractivity contribution >= 4 is 58.9 Å². The van der Waals surface area contributed by atoms with Gasteiger partial charge in [0.15, 0.2) is 5.71 Å². The Balaban J connectivity index is 1.84. The van der Waals surface area contributed by atoms with Crippen molar-refractivity contribution in [2.24, 2.45) is 4.99 Å². The molecule has 2 aliphatic heterocycles. The van der Waals surface area contributed by atoms with Gasteiger partial charge in [-0.05, 0) is 18.4 Å². The summed E-state index contributed by atoms with van der Waals surface area (Å²) in [6.07, 6.45) is 0.101. The molecule has 1 saturated heterocycles. The molecule has 152 valence electrons. The largest absolute Gasteiger partial charge is 0.477 e. The van der Waals surface area contributed by atoms with Crippen molar-refractivity contribution in [1.29, 1.82) is 0 Å². The van der Waals surface area contributed by atoms with E-state index in [4.69, 9.17) is 10.8 Å². The summed E-state index contributed by atoms with van der Waals surface area (Å²) in [7, 11) is 0. The maximum Gasteiger partial charge on any atom is 0.431 e. The van der Waals surface area contributed by atoms with Crippen molar-refractivity contribution in [3.05, 3.63) is 34.5 Å². The Labute approximate surface area is 172 Å². The van der Waals surface area contributed by atoms with Gasteiger partial charge in [-0.2, -0.15) is 4.99 Å². The molecule has 1 unspecified atom stereocenters. The van der Waals surface area contributed by atoms with Gasteiger partial charge >= 0.3 is 12.1 Å². The molecule has 29 heavy (non-hydrogen) atoms. The number of aliphatic imine (C=N–C) groups is 1. The molecule has 3 heterocycles. The van der Waals surface area contributed by atoms with Crippen molar-refractivity contribution in [3.8, 4) is 0 Å². The lowest BCUT2D eigenvalue weighted by Gasteiger charge is -2.49. The number of anilines is 1. The molecule has 11 nitrogen and oxygen atoms in total. The summed E-state index contributed by atoms with van der Waals surface area (Å²) in [5.41, 5.74) is 4.88. The van der Waals surface area contributed by atoms with Crippen LogP contribution in [-0.4, -0.2) is 73.1 Å². The molecule has 3 rings (SSSR count). The lowest BCUT2D eigenvalue weighted by molar-refractivity contribution is -0.150. The van der Waals surface area contributed by atoms with Gasteiger partial charge < -0.3 is 21.3 Å². The number of pyridine rings is 1. The molecule has 1 aromatic rings. The van der Waals surface area contributed by atoms with Crippen molar-refractivity contribution in [1.82, 2.24) is 15.2 Å². The van der Waals surface area contributed by atoms with E-state index in [2.05, 4.69) is 15.3 Å². The average molecular weight is 437 g/mol. The van der Waals surface area contributed by atoms with Crippen LogP contribution in [-0.2, 0) is 14.4 Å². The number of β-lactam (4-membered cyclic amide) rings is 1. The van der Waals surface area contributed by atoms with Gasteiger partial charge in [0.05, 0.1) is 5.69 Å². The molecule has 0 aliphatic carbocycles. The first kappa shape index (κ1) is 20.7. The number of amides is 3. The van der Waals surface area contributed by atoms with E-state index in [9.17, 15) is 24.3 Å². The summed E-state index contributed by atoms with van der Waals surface area (Å²) >= 11 is 2.54. The Morgan fingerprint density at radius 2 is 2.10 bits per heavy atom. The van der Waals surface area contributed by atoms with E-state index in [0.717, 1.165) is 4.90 Å². The highest BCUT2D eigenvalue weighted by Gasteiger charge is 2.54. The van der Waals surface area contributed by atoms with Crippen molar-refractivity contribution < 1.29 is 29.4 Å². The SMILES string of the molecule is CSC1=C(C(=O)O)N2C(=O)C(NC(=O)C(=NC(=O)O)c3cccc(N)n3)[C@H]2SC1. The quantitative estimate of drug-likeness (QED) is 0.367. The Bertz CT molecular complexity index is 978. The fraction of sp³-hybridized carbons (Fsp3) is 0.250. The molecule has 0 bridgehead atoms. The minimum Gasteiger partial charge on any atom is -0.477 e. The number of fused-ring (bicyclic) bond motifs is 1. The maximum absolute atomic E-state index is 12.7. The van der Waals surface area contributed by atoms with Gasteiger partial charge in [0.25, 0.3) is 11.8 Å². The fourth-order valence-electron chi connectivity index (χ4n) is 2.86. The fourth-order valence-corrected chi connectivity index (χ4v) is 5.11. The second-order valence-electron chi connectivity index (χ2n) is 5.83. The molecular weight excluding hydrogens is 422 g/mol. The Morgan fingerprint density at radius 1 is 1.38 bits per heavy atom. The topological polar surface area (TPSA) is 175 Å². The van der Waals surface area contributed by atoms with E-state index in [1.807, 2.05) is 0 Å². The first-order valence-corrected chi connectivity index (χ1v) is 10.3. The normalized spacial score (nSPS) is 21.3. The van der Waals surface area contributed by atoms with Crippen LogP contribution in [0.4, 0.5) is 10.6 Å². The first-order valence-electron chi connectivity index (χ1n) is 8.05. The van der Waals surface area contributed by atoms with Gasteiger partial charge in [0.1, 0.15) is 22.9 Å². The third kappa shape index (κ3) is 3.91. The predicted octanol–water partition coefficient (Wildman–Crippen LogP) is 0.190. The number of thioether (sulfide) groups is 2. The Morgan fingerprint density at radius 3 is 2.69 bits per heavy atom. The number of nitrogens with zero attached hydrogens (tertiary/aromatic N) is 3. The van der Waals surface area contributed by atoms with Gasteiger partial charge in [-0.15, -0.1) is 23.5 Å². The Hall–Kier alpha value is -3.06. The van der Waals surface area contributed by atoms with Crippen LogP contribution in [0.5, 0.6) is 0 Å².